The van der Waals surface area contributed by atoms with Gasteiger partial charge in [-0.2, -0.15) is 0 Å². The second-order valence-electron chi connectivity index (χ2n) is 17.5. The standard InChI is InChI=1S/C44H62N14O9.C4H11N3/c1-24-38(62)55-33(20-27-23-51-29-14-7-6-13-28(27)29)41(65)54-30(37(46)61)15-8-9-17-49-36(60)21-34(57-39(63)31(53-25(2)59)16-10-18-50-44(47)48)42(66)58-35(22-45)43(67)56-32(40(64)52-24)19-26-11-4-3-5-12-26;1-2-3-7-4(5)6/h3-7,11-14,23-24,30-35,51H,8-10,15-22,45H2,1-2H3,(H2,46,61)(H,49,60)(H,52,64)(H,53,59)(H,54,65)(H,55,62)(H,56,67)(H,57,63)(H,58,66)(H4,47,48,50);2-3H2,1H3,(H4,5,6,7)/t24?,30?,31-,32?,33-,34?,35?;/m0./s1. The Balaban J connectivity index is 0.00000192. The summed E-state index contributed by atoms with van der Waals surface area (Å²) >= 11 is 0. The number of nitrogens with one attached hydrogen (secondary N) is 9. The first-order valence-electron chi connectivity index (χ1n) is 24.3. The van der Waals surface area contributed by atoms with Crippen molar-refractivity contribution in [2.24, 2.45) is 44.4 Å². The number of aliphatic imine (C=N–C) groups is 2. The lowest BCUT2D eigenvalue weighted by atomic mass is 10.0. The highest BCUT2D eigenvalue weighted by Crippen LogP contribution is 2.20. The van der Waals surface area contributed by atoms with Crippen LogP contribution < -0.4 is 76.9 Å². The molecule has 5 unspecified atom stereocenters. The normalized spacial score (nSPS) is 21.0. The summed E-state index contributed by atoms with van der Waals surface area (Å²) in [5.41, 5.74) is 34.6. The summed E-state index contributed by atoms with van der Waals surface area (Å²) in [6.45, 7) is 5.00. The molecule has 9 amide bonds. The molecule has 0 spiro atoms. The van der Waals surface area contributed by atoms with Crippen molar-refractivity contribution in [1.29, 1.82) is 0 Å². The third-order valence-corrected chi connectivity index (χ3v) is 11.3. The minimum absolute atomic E-state index is 0.0204. The highest BCUT2D eigenvalue weighted by atomic mass is 16.2. The van der Waals surface area contributed by atoms with Gasteiger partial charge in [-0.05, 0) is 62.6 Å². The fraction of sp³-hybridized carbons (Fsp3) is 0.479. The molecule has 2 aromatic carbocycles. The number of nitrogens with two attached hydrogens (primary N) is 6. The molecule has 26 nitrogen and oxygen atoms in total. The van der Waals surface area contributed by atoms with E-state index < -0.39 is 108 Å². The van der Waals surface area contributed by atoms with Gasteiger partial charge in [0.1, 0.15) is 42.3 Å². The van der Waals surface area contributed by atoms with Crippen molar-refractivity contribution < 1.29 is 43.2 Å². The number of benzene rings is 2. The van der Waals surface area contributed by atoms with Gasteiger partial charge >= 0.3 is 0 Å². The van der Waals surface area contributed by atoms with Gasteiger partial charge in [-0.15, -0.1) is 0 Å². The summed E-state index contributed by atoms with van der Waals surface area (Å²) in [5.74, 6) is -7.13. The summed E-state index contributed by atoms with van der Waals surface area (Å²) in [6.07, 6.45) is 2.86. The van der Waals surface area contributed by atoms with Crippen molar-refractivity contribution in [3.05, 3.63) is 71.9 Å². The Morgan fingerprint density at radius 3 is 1.97 bits per heavy atom. The summed E-state index contributed by atoms with van der Waals surface area (Å²) in [5, 5.41) is 21.5. The third-order valence-electron chi connectivity index (χ3n) is 11.3. The number of rotatable bonds is 15. The first-order chi connectivity index (χ1) is 35.2. The van der Waals surface area contributed by atoms with Crippen LogP contribution >= 0.6 is 0 Å². The monoisotopic (exact) mass is 1030 g/mol. The van der Waals surface area contributed by atoms with Crippen molar-refractivity contribution in [3.63, 3.8) is 0 Å². The third kappa shape index (κ3) is 21.2. The van der Waals surface area contributed by atoms with Gasteiger partial charge in [-0.3, -0.25) is 53.1 Å². The number of nitrogens with zero attached hydrogens (tertiary/aromatic N) is 2. The number of H-pyrrole nitrogens is 1. The van der Waals surface area contributed by atoms with Crippen LogP contribution in [-0.4, -0.2) is 139 Å². The van der Waals surface area contributed by atoms with Crippen LogP contribution in [0.4, 0.5) is 0 Å². The first kappa shape index (κ1) is 60.0. The molecule has 0 aliphatic carbocycles. The number of hydrogen-bond donors (Lipinski definition) is 15. The van der Waals surface area contributed by atoms with E-state index >= 15 is 0 Å². The molecule has 74 heavy (non-hydrogen) atoms. The molecule has 0 bridgehead atoms. The van der Waals surface area contributed by atoms with E-state index in [1.165, 1.54) is 13.8 Å². The SMILES string of the molecule is CC(=O)N[C@@H](CCCN=C(N)N)C(=O)NC1CC(=O)NCCCCC(C(N)=O)NC(=O)[C@H](Cc2c[nH]c3ccccc23)NC(=O)C(C)NC(=O)C(Cc2ccccc2)NC(=O)C(CN)NC1=O.CCCN=C(N)N. The molecule has 1 aromatic heterocycles. The number of fused-ring (bicyclic) bond motifs is 1. The zero-order valence-corrected chi connectivity index (χ0v) is 42.0. The molecule has 26 heteroatoms. The summed E-state index contributed by atoms with van der Waals surface area (Å²) in [4.78, 5) is 132. The minimum Gasteiger partial charge on any atom is -0.370 e. The quantitative estimate of drug-likeness (QED) is 0.0395. The molecule has 0 radical (unpaired) electrons. The average Bonchev–Trinajstić information content (AvgIpc) is 3.76. The minimum atomic E-state index is -1.61. The molecule has 3 aromatic rings. The van der Waals surface area contributed by atoms with E-state index in [9.17, 15) is 43.2 Å². The maximum Gasteiger partial charge on any atom is 0.244 e. The molecule has 1 aliphatic rings. The molecule has 7 atom stereocenters. The molecule has 1 saturated heterocycles. The zero-order valence-electron chi connectivity index (χ0n) is 42.0. The van der Waals surface area contributed by atoms with Gasteiger partial charge in [0.05, 0.1) is 6.42 Å². The van der Waals surface area contributed by atoms with Crippen LogP contribution in [0.2, 0.25) is 0 Å². The predicted octanol–water partition coefficient (Wildman–Crippen LogP) is -3.76. The smallest absolute Gasteiger partial charge is 0.244 e. The Morgan fingerprint density at radius 2 is 1.34 bits per heavy atom. The molecule has 0 saturated carbocycles. The lowest BCUT2D eigenvalue weighted by Crippen LogP contribution is -2.61. The lowest BCUT2D eigenvalue weighted by molar-refractivity contribution is -0.136. The van der Waals surface area contributed by atoms with Gasteiger partial charge in [0.15, 0.2) is 11.9 Å². The van der Waals surface area contributed by atoms with Crippen molar-refractivity contribution in [2.45, 2.75) is 121 Å². The van der Waals surface area contributed by atoms with Crippen molar-refractivity contribution >= 4 is 76.0 Å². The molecule has 1 fully saturated rings. The van der Waals surface area contributed by atoms with Crippen LogP contribution in [0, 0.1) is 0 Å². The van der Waals surface area contributed by atoms with Gasteiger partial charge in [0.25, 0.3) is 0 Å². The first-order valence-corrected chi connectivity index (χ1v) is 24.3. The number of primary amides is 1. The Bertz CT molecular complexity index is 2440. The Hall–Kier alpha value is -8.29. The fourth-order valence-corrected chi connectivity index (χ4v) is 7.50. The van der Waals surface area contributed by atoms with E-state index in [2.05, 4.69) is 57.5 Å². The highest BCUT2D eigenvalue weighted by molar-refractivity contribution is 5.99. The van der Waals surface area contributed by atoms with Crippen molar-refractivity contribution in [2.75, 3.05) is 26.2 Å². The average molecular weight is 1030 g/mol. The zero-order chi connectivity index (χ0) is 54.7. The van der Waals surface area contributed by atoms with Gasteiger partial charge in [0, 0.05) is 63.0 Å². The van der Waals surface area contributed by atoms with Crippen LogP contribution in [0.5, 0.6) is 0 Å². The lowest BCUT2D eigenvalue weighted by Gasteiger charge is -2.27. The highest BCUT2D eigenvalue weighted by Gasteiger charge is 2.34. The van der Waals surface area contributed by atoms with Gasteiger partial charge < -0.3 is 81.9 Å². The molecule has 4 rings (SSSR count). The Kier molecular flexibility index (Phi) is 25.3. The number of aromatic amines is 1. The number of hydrogen-bond acceptors (Lipinski definition) is 12. The van der Waals surface area contributed by atoms with Crippen molar-refractivity contribution in [3.8, 4) is 0 Å². The predicted molar refractivity (Wildman–Crippen MR) is 278 cm³/mol. The molecule has 1 aliphatic heterocycles. The van der Waals surface area contributed by atoms with Crippen molar-refractivity contribution in [1.82, 2.24) is 47.5 Å². The van der Waals surface area contributed by atoms with Crippen LogP contribution in [0.3, 0.4) is 0 Å². The number of guanidine groups is 2. The second kappa shape index (κ2) is 31.2. The molecular weight excluding hydrogens is 959 g/mol. The van der Waals surface area contributed by atoms with Gasteiger partial charge in [0.2, 0.25) is 53.2 Å². The fourth-order valence-electron chi connectivity index (χ4n) is 7.50. The van der Waals surface area contributed by atoms with Crippen LogP contribution in [-0.2, 0) is 56.0 Å². The number of carbonyl (C=O) groups is 9. The summed E-state index contributed by atoms with van der Waals surface area (Å²) < 4.78 is 0. The molecule has 21 N–H and O–H groups in total. The number of amides is 9. The van der Waals surface area contributed by atoms with E-state index in [0.29, 0.717) is 11.1 Å². The van der Waals surface area contributed by atoms with E-state index in [4.69, 9.17) is 34.4 Å². The summed E-state index contributed by atoms with van der Waals surface area (Å²) in [6, 6.07) is 6.60. The number of carbonyl (C=O) groups excluding carboxylic acids is 9. The van der Waals surface area contributed by atoms with Crippen LogP contribution in [0.15, 0.2) is 70.8 Å². The second-order valence-corrected chi connectivity index (χ2v) is 17.5. The van der Waals surface area contributed by atoms with Crippen LogP contribution in [0.25, 0.3) is 10.9 Å². The van der Waals surface area contributed by atoms with E-state index in [1.54, 1.807) is 36.5 Å². The molecular formula is C48H73N17O9. The van der Waals surface area contributed by atoms with E-state index in [-0.39, 0.29) is 70.0 Å². The number of aromatic nitrogens is 1. The Labute approximate surface area is 428 Å². The molecule has 404 valence electrons. The van der Waals surface area contributed by atoms with E-state index in [1.807, 2.05) is 31.2 Å². The summed E-state index contributed by atoms with van der Waals surface area (Å²) in [7, 11) is 0. The largest absolute Gasteiger partial charge is 0.370 e. The van der Waals surface area contributed by atoms with E-state index in [0.717, 1.165) is 23.9 Å². The Morgan fingerprint density at radius 1 is 0.730 bits per heavy atom. The number of para-hydroxylation sites is 1. The maximum atomic E-state index is 14.0. The van der Waals surface area contributed by atoms with Gasteiger partial charge in [-0.1, -0.05) is 55.5 Å². The topological polar surface area (TPSA) is 446 Å². The molecule has 2 heterocycles. The van der Waals surface area contributed by atoms with Gasteiger partial charge in [-0.25, -0.2) is 0 Å². The van der Waals surface area contributed by atoms with Crippen LogP contribution in [0.1, 0.15) is 76.8 Å². The maximum absolute atomic E-state index is 14.0.